The van der Waals surface area contributed by atoms with Gasteiger partial charge >= 0.3 is 0 Å². The van der Waals surface area contributed by atoms with Gasteiger partial charge in [0, 0.05) is 23.4 Å². The molecule has 90 valence electrons. The number of thioether (sulfide) groups is 1. The maximum Gasteiger partial charge on any atom is 0.222 e. The summed E-state index contributed by atoms with van der Waals surface area (Å²) >= 11 is 7.25. The van der Waals surface area contributed by atoms with Gasteiger partial charge in [-0.25, -0.2) is 4.39 Å². The third-order valence-electron chi connectivity index (χ3n) is 2.28. The zero-order valence-electron chi connectivity index (χ0n) is 9.02. The first-order valence-electron chi connectivity index (χ1n) is 4.80. The van der Waals surface area contributed by atoms with Crippen LogP contribution in [0.3, 0.4) is 0 Å². The van der Waals surface area contributed by atoms with Crippen molar-refractivity contribution in [2.75, 3.05) is 5.73 Å². The number of rotatable bonds is 3. The second-order valence-electron chi connectivity index (χ2n) is 3.39. The number of nitrogens with zero attached hydrogens (tertiary/aromatic N) is 3. The summed E-state index contributed by atoms with van der Waals surface area (Å²) < 4.78 is 15.1. The molecule has 0 fully saturated rings. The van der Waals surface area contributed by atoms with Crippen LogP contribution in [0.1, 0.15) is 5.56 Å². The minimum Gasteiger partial charge on any atom is -0.368 e. The Bertz CT molecular complexity index is 523. The van der Waals surface area contributed by atoms with Crippen LogP contribution in [-0.2, 0) is 12.8 Å². The quantitative estimate of drug-likeness (QED) is 0.872. The molecule has 0 aliphatic heterocycles. The normalized spacial score (nSPS) is 10.8. The Morgan fingerprint density at radius 1 is 1.47 bits per heavy atom. The zero-order valence-corrected chi connectivity index (χ0v) is 10.6. The molecule has 0 spiro atoms. The van der Waals surface area contributed by atoms with Gasteiger partial charge in [0.2, 0.25) is 5.95 Å². The van der Waals surface area contributed by atoms with Gasteiger partial charge in [-0.1, -0.05) is 29.4 Å². The predicted molar refractivity (Wildman–Crippen MR) is 66.4 cm³/mol. The highest BCUT2D eigenvalue weighted by Gasteiger charge is 2.11. The van der Waals surface area contributed by atoms with Crippen LogP contribution in [0.25, 0.3) is 0 Å². The second-order valence-corrected chi connectivity index (χ2v) is 4.74. The molecule has 0 radical (unpaired) electrons. The highest BCUT2D eigenvalue weighted by molar-refractivity contribution is 7.98. The molecular weight excluding hydrogens is 263 g/mol. The van der Waals surface area contributed by atoms with Crippen molar-refractivity contribution in [3.63, 3.8) is 0 Å². The average molecular weight is 273 g/mol. The smallest absolute Gasteiger partial charge is 0.222 e. The summed E-state index contributed by atoms with van der Waals surface area (Å²) in [5, 5.41) is 8.63. The minimum atomic E-state index is -0.319. The first-order chi connectivity index (χ1) is 8.09. The Morgan fingerprint density at radius 3 is 2.82 bits per heavy atom. The fourth-order valence-electron chi connectivity index (χ4n) is 1.26. The van der Waals surface area contributed by atoms with E-state index in [0.29, 0.717) is 27.4 Å². The number of hydrogen-bond donors (Lipinski definition) is 1. The highest BCUT2D eigenvalue weighted by Crippen LogP contribution is 2.27. The van der Waals surface area contributed by atoms with E-state index in [1.165, 1.54) is 17.8 Å². The molecule has 2 aromatic rings. The summed E-state index contributed by atoms with van der Waals surface area (Å²) in [5.41, 5.74) is 6.00. The highest BCUT2D eigenvalue weighted by atomic mass is 35.5. The molecule has 0 atom stereocenters. The Morgan fingerprint density at radius 2 is 2.24 bits per heavy atom. The van der Waals surface area contributed by atoms with Crippen molar-refractivity contribution < 1.29 is 4.39 Å². The van der Waals surface area contributed by atoms with Crippen LogP contribution in [0.15, 0.2) is 23.4 Å². The van der Waals surface area contributed by atoms with E-state index in [1.54, 1.807) is 23.7 Å². The molecule has 0 bridgehead atoms. The Kier molecular flexibility index (Phi) is 3.54. The summed E-state index contributed by atoms with van der Waals surface area (Å²) in [6.45, 7) is 0. The number of benzene rings is 1. The molecule has 0 aliphatic carbocycles. The molecule has 7 heteroatoms. The lowest BCUT2D eigenvalue weighted by Crippen LogP contribution is -1.98. The molecule has 4 nitrogen and oxygen atoms in total. The summed E-state index contributed by atoms with van der Waals surface area (Å²) in [6.07, 6.45) is 0. The van der Waals surface area contributed by atoms with Crippen LogP contribution in [0, 0.1) is 5.82 Å². The van der Waals surface area contributed by atoms with Crippen molar-refractivity contribution in [2.24, 2.45) is 7.05 Å². The van der Waals surface area contributed by atoms with Crippen LogP contribution in [0.5, 0.6) is 0 Å². The monoisotopic (exact) mass is 272 g/mol. The molecule has 17 heavy (non-hydrogen) atoms. The Labute approximate surface area is 107 Å². The minimum absolute atomic E-state index is 0.319. The van der Waals surface area contributed by atoms with Crippen LogP contribution in [0.2, 0.25) is 5.02 Å². The second kappa shape index (κ2) is 4.93. The predicted octanol–water partition coefficient (Wildman–Crippen LogP) is 2.48. The van der Waals surface area contributed by atoms with E-state index in [2.05, 4.69) is 10.2 Å². The number of nitrogen functional groups attached to an aromatic ring is 1. The lowest BCUT2D eigenvalue weighted by molar-refractivity contribution is 0.617. The van der Waals surface area contributed by atoms with Crippen molar-refractivity contribution in [1.29, 1.82) is 0 Å². The fourth-order valence-corrected chi connectivity index (χ4v) is 2.52. The molecular formula is C10H10ClFN4S. The summed E-state index contributed by atoms with van der Waals surface area (Å²) in [7, 11) is 1.75. The summed E-state index contributed by atoms with van der Waals surface area (Å²) in [6, 6.07) is 4.62. The lowest BCUT2D eigenvalue weighted by Gasteiger charge is -2.05. The van der Waals surface area contributed by atoms with Gasteiger partial charge in [-0.05, 0) is 12.1 Å². The number of hydrogen-bond acceptors (Lipinski definition) is 4. The van der Waals surface area contributed by atoms with Crippen molar-refractivity contribution in [2.45, 2.75) is 10.9 Å². The third-order valence-corrected chi connectivity index (χ3v) is 3.68. The van der Waals surface area contributed by atoms with E-state index in [0.717, 1.165) is 0 Å². The van der Waals surface area contributed by atoms with Crippen LogP contribution in [-0.4, -0.2) is 14.8 Å². The van der Waals surface area contributed by atoms with Crippen molar-refractivity contribution in [3.8, 4) is 0 Å². The molecule has 0 unspecified atom stereocenters. The van der Waals surface area contributed by atoms with Gasteiger partial charge in [-0.2, -0.15) is 0 Å². The van der Waals surface area contributed by atoms with Crippen LogP contribution >= 0.6 is 23.4 Å². The molecule has 0 aliphatic rings. The maximum absolute atomic E-state index is 13.5. The molecule has 1 aromatic heterocycles. The summed E-state index contributed by atoms with van der Waals surface area (Å²) in [4.78, 5) is 0. The van der Waals surface area contributed by atoms with Crippen molar-refractivity contribution in [3.05, 3.63) is 34.6 Å². The van der Waals surface area contributed by atoms with Crippen molar-refractivity contribution >= 4 is 29.3 Å². The van der Waals surface area contributed by atoms with Gasteiger partial charge in [0.25, 0.3) is 0 Å². The molecule has 2 rings (SSSR count). The number of anilines is 1. The van der Waals surface area contributed by atoms with Crippen LogP contribution in [0.4, 0.5) is 10.3 Å². The molecule has 0 saturated heterocycles. The molecule has 0 saturated carbocycles. The van der Waals surface area contributed by atoms with Gasteiger partial charge in [-0.15, -0.1) is 10.2 Å². The van der Waals surface area contributed by atoms with Gasteiger partial charge in [0.05, 0.1) is 0 Å². The maximum atomic E-state index is 13.5. The van der Waals surface area contributed by atoms with Gasteiger partial charge in [-0.3, -0.25) is 4.57 Å². The molecule has 1 aromatic carbocycles. The Hall–Kier alpha value is -1.27. The lowest BCUT2D eigenvalue weighted by atomic mass is 10.2. The number of aromatic nitrogens is 3. The van der Waals surface area contributed by atoms with E-state index in [9.17, 15) is 4.39 Å². The molecule has 2 N–H and O–H groups in total. The standard InChI is InChI=1S/C10H10ClFN4S/c1-16-9(13)14-15-10(16)17-5-6-7(11)3-2-4-8(6)12/h2-4H,5H2,1H3,(H2,13,14). The third kappa shape index (κ3) is 2.53. The average Bonchev–Trinajstić information content (AvgIpc) is 2.60. The zero-order chi connectivity index (χ0) is 12.4. The van der Waals surface area contributed by atoms with E-state index in [1.807, 2.05) is 0 Å². The van der Waals surface area contributed by atoms with E-state index in [4.69, 9.17) is 17.3 Å². The molecule has 1 heterocycles. The molecule has 0 amide bonds. The fraction of sp³-hybridized carbons (Fsp3) is 0.200. The van der Waals surface area contributed by atoms with Gasteiger partial charge in [0.1, 0.15) is 5.82 Å². The topological polar surface area (TPSA) is 56.7 Å². The van der Waals surface area contributed by atoms with Gasteiger partial charge < -0.3 is 5.73 Å². The largest absolute Gasteiger partial charge is 0.368 e. The van der Waals surface area contributed by atoms with E-state index in [-0.39, 0.29) is 5.82 Å². The first-order valence-corrected chi connectivity index (χ1v) is 6.16. The number of halogens is 2. The first kappa shape index (κ1) is 12.2. The van der Waals surface area contributed by atoms with Crippen LogP contribution < -0.4 is 5.73 Å². The summed E-state index contributed by atoms with van der Waals surface area (Å²) in [5.74, 6) is 0.393. The van der Waals surface area contributed by atoms with E-state index >= 15 is 0 Å². The Balaban J connectivity index is 2.15. The van der Waals surface area contributed by atoms with Gasteiger partial charge in [0.15, 0.2) is 5.16 Å². The van der Waals surface area contributed by atoms with E-state index < -0.39 is 0 Å². The SMILES string of the molecule is Cn1c(N)nnc1SCc1c(F)cccc1Cl. The van der Waals surface area contributed by atoms with Crippen molar-refractivity contribution in [1.82, 2.24) is 14.8 Å². The number of nitrogens with two attached hydrogens (primary N) is 1.